The van der Waals surface area contributed by atoms with E-state index in [4.69, 9.17) is 21.6 Å². The number of ether oxygens (including phenoxy) is 1. The number of amides is 1. The van der Waals surface area contributed by atoms with E-state index in [-0.39, 0.29) is 48.0 Å². The van der Waals surface area contributed by atoms with Crippen LogP contribution >= 0.6 is 11.6 Å². The van der Waals surface area contributed by atoms with Gasteiger partial charge in [0.05, 0.1) is 30.5 Å². The average Bonchev–Trinajstić information content (AvgIpc) is 3.63. The van der Waals surface area contributed by atoms with Gasteiger partial charge in [-0.25, -0.2) is 18.7 Å². The van der Waals surface area contributed by atoms with Crippen LogP contribution in [0.2, 0.25) is 5.02 Å². The van der Waals surface area contributed by atoms with Crippen LogP contribution in [0.3, 0.4) is 0 Å². The molecule has 47 heavy (non-hydrogen) atoms. The monoisotopic (exact) mass is 653 g/mol. The fraction of sp³-hybridized carbons (Fsp3) is 0.200. The number of aromatic nitrogens is 3. The molecular formula is C35H26ClF2N5O4. The Morgan fingerprint density at radius 2 is 1.74 bits per heavy atom. The first-order chi connectivity index (χ1) is 22.6. The van der Waals surface area contributed by atoms with Crippen molar-refractivity contribution in [1.82, 2.24) is 14.5 Å². The highest BCUT2D eigenvalue weighted by molar-refractivity contribution is 6.33. The van der Waals surface area contributed by atoms with E-state index < -0.39 is 35.5 Å². The Hall–Kier alpha value is -5.47. The molecule has 3 atom stereocenters. The highest BCUT2D eigenvalue weighted by Crippen LogP contribution is 2.38. The maximum atomic E-state index is 15.5. The number of carbonyl (C=O) groups is 3. The lowest BCUT2D eigenvalue weighted by molar-refractivity contribution is -0.130. The molecule has 0 saturated heterocycles. The summed E-state index contributed by atoms with van der Waals surface area (Å²) in [4.78, 5) is 47.4. The maximum Gasteiger partial charge on any atom is 0.232 e. The Kier molecular flexibility index (Phi) is 8.78. The minimum atomic E-state index is -1.39. The molecule has 1 amide bonds. The predicted octanol–water partition coefficient (Wildman–Crippen LogP) is 7.33. The SMILES string of the molecule is CC(=O)c1cn(CC(=O)C2C[C@H](F)C[C@H]2C(=O)Nc2cccc(-c3ccccc3Cl)c2F)c2ccc(Oc3cnc(C#N)nc3)cc12. The first kappa shape index (κ1) is 31.5. The van der Waals surface area contributed by atoms with Crippen LogP contribution in [0.1, 0.15) is 35.9 Å². The average molecular weight is 654 g/mol. The number of halogens is 3. The summed E-state index contributed by atoms with van der Waals surface area (Å²) in [5, 5.41) is 12.3. The van der Waals surface area contributed by atoms with E-state index in [1.54, 1.807) is 65.4 Å². The third-order valence-electron chi connectivity index (χ3n) is 8.20. The highest BCUT2D eigenvalue weighted by Gasteiger charge is 2.43. The smallest absolute Gasteiger partial charge is 0.232 e. The molecule has 12 heteroatoms. The van der Waals surface area contributed by atoms with Gasteiger partial charge in [0.2, 0.25) is 11.7 Å². The van der Waals surface area contributed by atoms with Crippen molar-refractivity contribution in [2.75, 3.05) is 5.32 Å². The summed E-state index contributed by atoms with van der Waals surface area (Å²) in [5.41, 5.74) is 1.43. The molecule has 1 unspecified atom stereocenters. The van der Waals surface area contributed by atoms with Crippen molar-refractivity contribution < 1.29 is 27.9 Å². The first-order valence-corrected chi connectivity index (χ1v) is 15.1. The van der Waals surface area contributed by atoms with Gasteiger partial charge in [-0.15, -0.1) is 0 Å². The van der Waals surface area contributed by atoms with Crippen LogP contribution < -0.4 is 10.1 Å². The third kappa shape index (κ3) is 6.46. The molecule has 236 valence electrons. The van der Waals surface area contributed by atoms with Gasteiger partial charge < -0.3 is 14.6 Å². The van der Waals surface area contributed by atoms with Gasteiger partial charge in [0, 0.05) is 44.7 Å². The van der Waals surface area contributed by atoms with Crippen LogP contribution in [0.5, 0.6) is 11.5 Å². The number of nitriles is 1. The van der Waals surface area contributed by atoms with Gasteiger partial charge in [-0.1, -0.05) is 41.9 Å². The predicted molar refractivity (Wildman–Crippen MR) is 170 cm³/mol. The summed E-state index contributed by atoms with van der Waals surface area (Å²) in [6, 6.07) is 18.0. The molecule has 2 aromatic heterocycles. The number of hydrogen-bond donors (Lipinski definition) is 1. The molecule has 0 bridgehead atoms. The molecule has 5 aromatic rings. The zero-order valence-corrected chi connectivity index (χ0v) is 25.7. The van der Waals surface area contributed by atoms with Gasteiger partial charge in [0.25, 0.3) is 0 Å². The lowest BCUT2D eigenvalue weighted by Gasteiger charge is -2.19. The number of benzene rings is 3. The number of Topliss-reactive ketones (excluding diaryl/α,β-unsaturated/α-hetero) is 2. The number of hydrogen-bond acceptors (Lipinski definition) is 7. The van der Waals surface area contributed by atoms with Gasteiger partial charge in [-0.05, 0) is 50.1 Å². The van der Waals surface area contributed by atoms with Crippen molar-refractivity contribution in [3.8, 4) is 28.7 Å². The van der Waals surface area contributed by atoms with Crippen LogP contribution in [0.4, 0.5) is 14.5 Å². The zero-order chi connectivity index (χ0) is 33.2. The second-order valence-electron chi connectivity index (χ2n) is 11.2. The lowest BCUT2D eigenvalue weighted by atomic mass is 9.90. The van der Waals surface area contributed by atoms with Gasteiger partial charge in [-0.3, -0.25) is 14.4 Å². The van der Waals surface area contributed by atoms with Crippen LogP contribution in [-0.2, 0) is 16.1 Å². The van der Waals surface area contributed by atoms with E-state index in [0.29, 0.717) is 32.8 Å². The number of ketones is 2. The molecule has 1 fully saturated rings. The number of carbonyl (C=O) groups excluding carboxylic acids is 3. The molecule has 2 heterocycles. The van der Waals surface area contributed by atoms with Crippen LogP contribution in [-0.4, -0.2) is 38.2 Å². The van der Waals surface area contributed by atoms with Crippen molar-refractivity contribution >= 4 is 45.7 Å². The third-order valence-corrected chi connectivity index (χ3v) is 8.53. The molecule has 1 aliphatic rings. The summed E-state index contributed by atoms with van der Waals surface area (Å²) in [7, 11) is 0. The molecule has 3 aromatic carbocycles. The van der Waals surface area contributed by atoms with Crippen molar-refractivity contribution in [3.05, 3.63) is 101 Å². The molecule has 1 N–H and O–H groups in total. The summed E-state index contributed by atoms with van der Waals surface area (Å²) in [6.45, 7) is 1.18. The van der Waals surface area contributed by atoms with Crippen molar-refractivity contribution in [1.29, 1.82) is 5.26 Å². The van der Waals surface area contributed by atoms with E-state index in [2.05, 4.69) is 15.3 Å². The van der Waals surface area contributed by atoms with Gasteiger partial charge in [-0.2, -0.15) is 5.26 Å². The fourth-order valence-corrected chi connectivity index (χ4v) is 6.20. The van der Waals surface area contributed by atoms with Crippen molar-refractivity contribution in [3.63, 3.8) is 0 Å². The van der Waals surface area contributed by atoms with Crippen LogP contribution in [0.15, 0.2) is 79.3 Å². The second-order valence-corrected chi connectivity index (χ2v) is 11.7. The molecule has 9 nitrogen and oxygen atoms in total. The molecule has 0 aliphatic heterocycles. The number of anilines is 1. The lowest BCUT2D eigenvalue weighted by Crippen LogP contribution is -2.32. The second kappa shape index (κ2) is 13.1. The molecule has 1 saturated carbocycles. The van der Waals surface area contributed by atoms with E-state index in [1.807, 2.05) is 6.07 Å². The van der Waals surface area contributed by atoms with Gasteiger partial charge in [0.15, 0.2) is 23.1 Å². The standard InChI is InChI=1S/C35H26ClF2N5O4/c1-19(44)28-17-43(31-10-9-21(13-25(28)31)47-22-15-40-33(14-39)41-16-22)18-32(45)26-11-20(37)12-27(26)35(46)42-30-8-4-6-24(34(30)38)23-5-2-3-7-29(23)36/h2-10,13,15-17,20,26-27H,11-12,18H2,1H3,(H,42,46)/t20-,26?,27+/m0/s1. The topological polar surface area (TPSA) is 127 Å². The maximum absolute atomic E-state index is 15.5. The van der Waals surface area contributed by atoms with Crippen molar-refractivity contribution in [2.45, 2.75) is 32.5 Å². The number of fused-ring (bicyclic) bond motifs is 1. The molecule has 6 rings (SSSR count). The minimum absolute atomic E-state index is 0.00994. The highest BCUT2D eigenvalue weighted by atomic mass is 35.5. The summed E-state index contributed by atoms with van der Waals surface area (Å²) < 4.78 is 37.7. The Balaban J connectivity index is 1.22. The van der Waals surface area contributed by atoms with E-state index in [1.165, 1.54) is 25.4 Å². The molecular weight excluding hydrogens is 628 g/mol. The van der Waals surface area contributed by atoms with Gasteiger partial charge in [0.1, 0.15) is 18.0 Å². The molecule has 1 aliphatic carbocycles. The molecule has 0 radical (unpaired) electrons. The summed E-state index contributed by atoms with van der Waals surface area (Å²) in [5.74, 6) is -3.34. The van der Waals surface area contributed by atoms with E-state index in [0.717, 1.165) is 0 Å². The Labute approximate surface area is 272 Å². The quantitative estimate of drug-likeness (QED) is 0.165. The first-order valence-electron chi connectivity index (χ1n) is 14.7. The number of nitrogens with zero attached hydrogens (tertiary/aromatic N) is 4. The van der Waals surface area contributed by atoms with Gasteiger partial charge >= 0.3 is 0 Å². The van der Waals surface area contributed by atoms with Crippen LogP contribution in [0.25, 0.3) is 22.0 Å². The van der Waals surface area contributed by atoms with E-state index >= 15 is 4.39 Å². The Bertz CT molecular complexity index is 2080. The minimum Gasteiger partial charge on any atom is -0.454 e. The zero-order valence-electron chi connectivity index (χ0n) is 24.9. The number of alkyl halides is 1. The summed E-state index contributed by atoms with van der Waals surface area (Å²) >= 11 is 6.26. The number of nitrogens with one attached hydrogen (secondary N) is 1. The normalized spacial score (nSPS) is 17.3. The van der Waals surface area contributed by atoms with Crippen molar-refractivity contribution in [2.24, 2.45) is 11.8 Å². The fourth-order valence-electron chi connectivity index (χ4n) is 5.96. The Morgan fingerprint density at radius 1 is 1.02 bits per heavy atom. The molecule has 0 spiro atoms. The Morgan fingerprint density at radius 3 is 2.47 bits per heavy atom. The summed E-state index contributed by atoms with van der Waals surface area (Å²) in [6.07, 6.45) is 2.52. The van der Waals surface area contributed by atoms with Crippen LogP contribution in [0, 0.1) is 29.0 Å². The number of rotatable bonds is 9. The van der Waals surface area contributed by atoms with E-state index in [9.17, 15) is 18.8 Å². The largest absolute Gasteiger partial charge is 0.454 e.